The third-order valence-corrected chi connectivity index (χ3v) is 8.40. The van der Waals surface area contributed by atoms with Gasteiger partial charge in [0.05, 0.1) is 24.0 Å². The molecular formula is C21H29FN2O5S. The van der Waals surface area contributed by atoms with E-state index in [0.29, 0.717) is 45.7 Å². The van der Waals surface area contributed by atoms with E-state index in [-0.39, 0.29) is 29.2 Å². The Kier molecular flexibility index (Phi) is 6.16. The number of nitrogens with zero attached hydrogens (tertiary/aromatic N) is 2. The van der Waals surface area contributed by atoms with Crippen molar-refractivity contribution in [3.05, 3.63) is 30.1 Å². The molecule has 0 saturated carbocycles. The van der Waals surface area contributed by atoms with Gasteiger partial charge in [-0.3, -0.25) is 4.79 Å². The van der Waals surface area contributed by atoms with Gasteiger partial charge in [-0.15, -0.1) is 0 Å². The quantitative estimate of drug-likeness (QED) is 0.718. The van der Waals surface area contributed by atoms with Crippen molar-refractivity contribution in [2.45, 2.75) is 43.3 Å². The molecule has 3 heterocycles. The lowest BCUT2D eigenvalue weighted by molar-refractivity contribution is -0.193. The number of amides is 1. The van der Waals surface area contributed by atoms with Gasteiger partial charge in [-0.1, -0.05) is 0 Å². The number of ether oxygens (including phenoxy) is 2. The summed E-state index contributed by atoms with van der Waals surface area (Å²) in [6.07, 6.45) is 3.11. The summed E-state index contributed by atoms with van der Waals surface area (Å²) in [5, 5.41) is 0. The predicted octanol–water partition coefficient (Wildman–Crippen LogP) is 2.23. The van der Waals surface area contributed by atoms with Gasteiger partial charge in [-0.05, 0) is 56.9 Å². The molecule has 0 N–H and O–H groups in total. The summed E-state index contributed by atoms with van der Waals surface area (Å²) >= 11 is 0. The molecule has 0 radical (unpaired) electrons. The van der Waals surface area contributed by atoms with E-state index in [4.69, 9.17) is 9.47 Å². The number of hydrogen-bond acceptors (Lipinski definition) is 5. The number of sulfonamides is 1. The molecule has 0 unspecified atom stereocenters. The lowest BCUT2D eigenvalue weighted by Crippen LogP contribution is -2.52. The van der Waals surface area contributed by atoms with E-state index < -0.39 is 21.6 Å². The highest BCUT2D eigenvalue weighted by Crippen LogP contribution is 2.35. The van der Waals surface area contributed by atoms with Gasteiger partial charge in [-0.2, -0.15) is 4.31 Å². The van der Waals surface area contributed by atoms with Gasteiger partial charge in [-0.25, -0.2) is 12.8 Å². The highest BCUT2D eigenvalue weighted by Gasteiger charge is 2.44. The Morgan fingerprint density at radius 1 is 1.07 bits per heavy atom. The number of piperidine rings is 2. The smallest absolute Gasteiger partial charge is 0.243 e. The number of carbonyl (C=O) groups is 1. The largest absolute Gasteiger partial charge is 0.347 e. The molecule has 0 aliphatic carbocycles. The molecule has 7 nitrogen and oxygen atoms in total. The van der Waals surface area contributed by atoms with E-state index in [1.807, 2.05) is 11.8 Å². The topological polar surface area (TPSA) is 76.2 Å². The summed E-state index contributed by atoms with van der Waals surface area (Å²) < 4.78 is 52.1. The van der Waals surface area contributed by atoms with E-state index in [1.165, 1.54) is 16.4 Å². The molecule has 1 amide bonds. The van der Waals surface area contributed by atoms with Crippen LogP contribution in [0.25, 0.3) is 0 Å². The molecule has 3 saturated heterocycles. The van der Waals surface area contributed by atoms with Gasteiger partial charge in [0.1, 0.15) is 5.82 Å². The van der Waals surface area contributed by atoms with Crippen LogP contribution >= 0.6 is 0 Å². The fourth-order valence-electron chi connectivity index (χ4n) is 4.75. The SMILES string of the molecule is CC1([C@H]2CCCN(C(=O)[C@H]3CCCN(S(=O)(=O)c4ccc(F)cc4)C3)C2)OCCO1. The monoisotopic (exact) mass is 440 g/mol. The van der Waals surface area contributed by atoms with Gasteiger partial charge in [0.15, 0.2) is 5.79 Å². The molecule has 4 rings (SSSR count). The van der Waals surface area contributed by atoms with E-state index in [9.17, 15) is 17.6 Å². The second-order valence-corrected chi connectivity index (χ2v) is 10.4. The third-order valence-electron chi connectivity index (χ3n) is 6.52. The van der Waals surface area contributed by atoms with Gasteiger partial charge in [0, 0.05) is 32.1 Å². The van der Waals surface area contributed by atoms with E-state index in [0.717, 1.165) is 25.0 Å². The van der Waals surface area contributed by atoms with Crippen molar-refractivity contribution in [2.75, 3.05) is 39.4 Å². The molecule has 1 aromatic carbocycles. The number of benzene rings is 1. The molecule has 9 heteroatoms. The normalized spacial score (nSPS) is 27.9. The first-order valence-corrected chi connectivity index (χ1v) is 12.1. The van der Waals surface area contributed by atoms with Crippen molar-refractivity contribution in [2.24, 2.45) is 11.8 Å². The fraction of sp³-hybridized carbons (Fsp3) is 0.667. The standard InChI is InChI=1S/C21H29FN2O5S/c1-21(28-12-13-29-21)17-5-3-10-23(15-17)20(25)16-4-2-11-24(14-16)30(26,27)19-8-6-18(22)7-9-19/h6-9,16-17H,2-5,10-15H2,1H3/t16-,17-/m0/s1. The average molecular weight is 441 g/mol. The van der Waals surface area contributed by atoms with Gasteiger partial charge < -0.3 is 14.4 Å². The molecule has 3 aliphatic heterocycles. The van der Waals surface area contributed by atoms with Crippen molar-refractivity contribution in [1.82, 2.24) is 9.21 Å². The average Bonchev–Trinajstić information content (AvgIpc) is 3.21. The predicted molar refractivity (Wildman–Crippen MR) is 107 cm³/mol. The Morgan fingerprint density at radius 2 is 1.73 bits per heavy atom. The van der Waals surface area contributed by atoms with Crippen molar-refractivity contribution in [1.29, 1.82) is 0 Å². The minimum atomic E-state index is -3.75. The Bertz CT molecular complexity index is 870. The van der Waals surface area contributed by atoms with Crippen LogP contribution in [0.1, 0.15) is 32.6 Å². The summed E-state index contributed by atoms with van der Waals surface area (Å²) in [7, 11) is -3.75. The number of hydrogen-bond donors (Lipinski definition) is 0. The van der Waals surface area contributed by atoms with Crippen LogP contribution in [0.2, 0.25) is 0 Å². The molecule has 0 aromatic heterocycles. The summed E-state index contributed by atoms with van der Waals surface area (Å²) in [4.78, 5) is 15.1. The van der Waals surface area contributed by atoms with Gasteiger partial charge in [0.25, 0.3) is 0 Å². The number of carbonyl (C=O) groups excluding carboxylic acids is 1. The molecular weight excluding hydrogens is 411 g/mol. The summed E-state index contributed by atoms with van der Waals surface area (Å²) in [5.41, 5.74) is 0. The molecule has 166 valence electrons. The number of likely N-dealkylation sites (tertiary alicyclic amines) is 1. The van der Waals surface area contributed by atoms with E-state index in [1.54, 1.807) is 0 Å². The zero-order valence-corrected chi connectivity index (χ0v) is 18.1. The molecule has 3 fully saturated rings. The molecule has 3 aliphatic rings. The van der Waals surface area contributed by atoms with Crippen LogP contribution in [-0.4, -0.2) is 68.7 Å². The number of halogens is 1. The second-order valence-electron chi connectivity index (χ2n) is 8.49. The van der Waals surface area contributed by atoms with Crippen molar-refractivity contribution >= 4 is 15.9 Å². The molecule has 1 aromatic rings. The van der Waals surface area contributed by atoms with Crippen LogP contribution in [-0.2, 0) is 24.3 Å². The van der Waals surface area contributed by atoms with Crippen LogP contribution in [0, 0.1) is 17.7 Å². The summed E-state index contributed by atoms with van der Waals surface area (Å²) in [5.74, 6) is -1.39. The lowest BCUT2D eigenvalue weighted by Gasteiger charge is -2.42. The minimum absolute atomic E-state index is 0.000281. The highest BCUT2D eigenvalue weighted by molar-refractivity contribution is 7.89. The van der Waals surface area contributed by atoms with Crippen LogP contribution < -0.4 is 0 Å². The molecule has 30 heavy (non-hydrogen) atoms. The third kappa shape index (κ3) is 4.26. The van der Waals surface area contributed by atoms with Crippen LogP contribution in [0.3, 0.4) is 0 Å². The lowest BCUT2D eigenvalue weighted by atomic mass is 9.89. The molecule has 0 spiro atoms. The maximum atomic E-state index is 13.2. The molecule has 0 bridgehead atoms. The van der Waals surface area contributed by atoms with Crippen molar-refractivity contribution in [3.8, 4) is 0 Å². The maximum Gasteiger partial charge on any atom is 0.243 e. The fourth-order valence-corrected chi connectivity index (χ4v) is 6.27. The first-order valence-electron chi connectivity index (χ1n) is 10.6. The van der Waals surface area contributed by atoms with Gasteiger partial charge in [0.2, 0.25) is 15.9 Å². The van der Waals surface area contributed by atoms with Crippen molar-refractivity contribution < 1.29 is 27.1 Å². The molecule has 2 atom stereocenters. The Hall–Kier alpha value is -1.55. The Balaban J connectivity index is 1.43. The summed E-state index contributed by atoms with van der Waals surface area (Å²) in [6.45, 7) is 4.84. The first kappa shape index (κ1) is 21.7. The zero-order chi connectivity index (χ0) is 21.4. The van der Waals surface area contributed by atoms with Crippen LogP contribution in [0.15, 0.2) is 29.2 Å². The maximum absolute atomic E-state index is 13.2. The minimum Gasteiger partial charge on any atom is -0.347 e. The van der Waals surface area contributed by atoms with Crippen LogP contribution in [0.5, 0.6) is 0 Å². The zero-order valence-electron chi connectivity index (χ0n) is 17.3. The van der Waals surface area contributed by atoms with E-state index in [2.05, 4.69) is 0 Å². The Labute approximate surface area is 177 Å². The van der Waals surface area contributed by atoms with Crippen molar-refractivity contribution in [3.63, 3.8) is 0 Å². The summed E-state index contributed by atoms with van der Waals surface area (Å²) in [6, 6.07) is 4.82. The Morgan fingerprint density at radius 3 is 2.43 bits per heavy atom. The first-order chi connectivity index (χ1) is 14.3. The second kappa shape index (κ2) is 8.53. The van der Waals surface area contributed by atoms with Gasteiger partial charge >= 0.3 is 0 Å². The van der Waals surface area contributed by atoms with Crippen LogP contribution in [0.4, 0.5) is 4.39 Å². The van der Waals surface area contributed by atoms with E-state index >= 15 is 0 Å². The number of rotatable bonds is 4. The highest BCUT2D eigenvalue weighted by atomic mass is 32.2.